The zero-order valence-electron chi connectivity index (χ0n) is 14.4. The Morgan fingerprint density at radius 1 is 1.12 bits per heavy atom. The summed E-state index contributed by atoms with van der Waals surface area (Å²) >= 11 is 0. The van der Waals surface area contributed by atoms with Crippen LogP contribution in [0.15, 0.2) is 60.0 Å². The highest BCUT2D eigenvalue weighted by Gasteiger charge is 2.39. The van der Waals surface area contributed by atoms with E-state index >= 15 is 0 Å². The van der Waals surface area contributed by atoms with Gasteiger partial charge in [0.05, 0.1) is 5.52 Å². The molecule has 1 aliphatic heterocycles. The van der Waals surface area contributed by atoms with Gasteiger partial charge in [-0.05, 0) is 44.0 Å². The molecule has 0 bridgehead atoms. The molecule has 0 spiro atoms. The average molecular weight is 330 g/mol. The van der Waals surface area contributed by atoms with E-state index in [1.54, 1.807) is 0 Å². The molecule has 4 heteroatoms. The number of hydrogen-bond donors (Lipinski definition) is 1. The summed E-state index contributed by atoms with van der Waals surface area (Å²) in [6.07, 6.45) is 11.0. The number of anilines is 1. The monoisotopic (exact) mass is 330 g/mol. The van der Waals surface area contributed by atoms with Crippen LogP contribution in [0.4, 0.5) is 5.69 Å². The number of rotatable bonds is 1. The first-order valence-electron chi connectivity index (χ1n) is 9.13. The molecule has 0 radical (unpaired) electrons. The molecule has 2 aromatic heterocycles. The van der Waals surface area contributed by atoms with E-state index in [2.05, 4.69) is 64.4 Å². The molecule has 1 atom stereocenters. The molecular formula is C21H22N4. The van der Waals surface area contributed by atoms with Gasteiger partial charge < -0.3 is 9.88 Å². The van der Waals surface area contributed by atoms with Crippen molar-refractivity contribution in [3.8, 4) is 0 Å². The molecular weight excluding hydrogens is 308 g/mol. The van der Waals surface area contributed by atoms with Gasteiger partial charge in [-0.3, -0.25) is 4.98 Å². The van der Waals surface area contributed by atoms with Gasteiger partial charge in [-0.2, -0.15) is 0 Å². The molecule has 126 valence electrons. The lowest BCUT2D eigenvalue weighted by molar-refractivity contribution is 0.339. The Bertz CT molecular complexity index is 965. The Hall–Kier alpha value is -2.62. The SMILES string of the molecule is CC1(C2CCCC2)N=C(n2ccc3cnccc32)c2ccccc2N1. The standard InChI is InChI=1S/C21H22N4/c1-21(16-6-2-3-7-16)23-18-9-5-4-8-17(18)20(24-21)25-13-11-15-14-22-12-10-19(15)25/h4-5,8-14,16,23H,2-3,6-7H2,1H3. The van der Waals surface area contributed by atoms with Gasteiger partial charge in [0.15, 0.2) is 0 Å². The number of aliphatic imine (C=N–C) groups is 1. The second kappa shape index (κ2) is 5.45. The van der Waals surface area contributed by atoms with Crippen molar-refractivity contribution in [3.63, 3.8) is 0 Å². The first-order valence-corrected chi connectivity index (χ1v) is 9.13. The van der Waals surface area contributed by atoms with Crippen LogP contribution in [0.5, 0.6) is 0 Å². The van der Waals surface area contributed by atoms with Crippen LogP contribution in [0, 0.1) is 5.92 Å². The maximum atomic E-state index is 5.28. The van der Waals surface area contributed by atoms with Crippen molar-refractivity contribution in [2.45, 2.75) is 38.3 Å². The molecule has 2 aliphatic rings. The summed E-state index contributed by atoms with van der Waals surface area (Å²) in [5, 5.41) is 4.88. The van der Waals surface area contributed by atoms with Gasteiger partial charge in [0.25, 0.3) is 0 Å². The Kier molecular flexibility index (Phi) is 3.20. The van der Waals surface area contributed by atoms with Gasteiger partial charge in [0, 0.05) is 41.1 Å². The van der Waals surface area contributed by atoms with Crippen LogP contribution in [-0.2, 0) is 0 Å². The van der Waals surface area contributed by atoms with Gasteiger partial charge >= 0.3 is 0 Å². The first-order chi connectivity index (χ1) is 12.2. The second-order valence-corrected chi connectivity index (χ2v) is 7.36. The number of nitrogens with one attached hydrogen (secondary N) is 1. The summed E-state index contributed by atoms with van der Waals surface area (Å²) in [5.41, 5.74) is 3.24. The fourth-order valence-electron chi connectivity index (χ4n) is 4.40. The van der Waals surface area contributed by atoms with E-state index < -0.39 is 0 Å². The van der Waals surface area contributed by atoms with Gasteiger partial charge in [-0.1, -0.05) is 25.0 Å². The highest BCUT2D eigenvalue weighted by atomic mass is 15.2. The van der Waals surface area contributed by atoms with Crippen LogP contribution in [0.25, 0.3) is 10.9 Å². The lowest BCUT2D eigenvalue weighted by Crippen LogP contribution is -2.44. The van der Waals surface area contributed by atoms with Crippen molar-refractivity contribution in [1.29, 1.82) is 0 Å². The Balaban J connectivity index is 1.72. The van der Waals surface area contributed by atoms with Gasteiger partial charge in [-0.25, -0.2) is 4.99 Å². The highest BCUT2D eigenvalue weighted by Crippen LogP contribution is 2.40. The van der Waals surface area contributed by atoms with E-state index in [0.29, 0.717) is 5.92 Å². The van der Waals surface area contributed by atoms with Gasteiger partial charge in [-0.15, -0.1) is 0 Å². The molecule has 1 N–H and O–H groups in total. The van der Waals surface area contributed by atoms with Crippen LogP contribution in [0.2, 0.25) is 0 Å². The lowest BCUT2D eigenvalue weighted by atomic mass is 9.90. The van der Waals surface area contributed by atoms with E-state index in [-0.39, 0.29) is 5.66 Å². The number of benzene rings is 1. The van der Waals surface area contributed by atoms with Crippen molar-refractivity contribution >= 4 is 22.4 Å². The van der Waals surface area contributed by atoms with Crippen LogP contribution in [0.1, 0.15) is 38.2 Å². The highest BCUT2D eigenvalue weighted by molar-refractivity contribution is 6.10. The van der Waals surface area contributed by atoms with E-state index in [1.165, 1.54) is 31.4 Å². The number of nitrogens with zero attached hydrogens (tertiary/aromatic N) is 3. The molecule has 1 unspecified atom stereocenters. The molecule has 1 aromatic carbocycles. The molecule has 1 saturated carbocycles. The molecule has 1 fully saturated rings. The minimum atomic E-state index is -0.246. The van der Waals surface area contributed by atoms with E-state index in [9.17, 15) is 0 Å². The molecule has 5 rings (SSSR count). The van der Waals surface area contributed by atoms with E-state index in [4.69, 9.17) is 4.99 Å². The van der Waals surface area contributed by atoms with Crippen molar-refractivity contribution in [2.75, 3.05) is 5.32 Å². The molecule has 1 aliphatic carbocycles. The molecule has 0 amide bonds. The summed E-state index contributed by atoms with van der Waals surface area (Å²) in [7, 11) is 0. The maximum absolute atomic E-state index is 5.28. The Morgan fingerprint density at radius 2 is 1.96 bits per heavy atom. The zero-order valence-corrected chi connectivity index (χ0v) is 14.4. The number of fused-ring (bicyclic) bond motifs is 2. The van der Waals surface area contributed by atoms with Gasteiger partial charge in [0.2, 0.25) is 0 Å². The predicted molar refractivity (Wildman–Crippen MR) is 102 cm³/mol. The Morgan fingerprint density at radius 3 is 2.84 bits per heavy atom. The summed E-state index contributed by atoms with van der Waals surface area (Å²) in [6.45, 7) is 2.26. The zero-order chi connectivity index (χ0) is 16.9. The predicted octanol–water partition coefficient (Wildman–Crippen LogP) is 4.66. The third-order valence-corrected chi connectivity index (χ3v) is 5.76. The largest absolute Gasteiger partial charge is 0.361 e. The van der Waals surface area contributed by atoms with Crippen LogP contribution >= 0.6 is 0 Å². The van der Waals surface area contributed by atoms with Crippen molar-refractivity contribution < 1.29 is 0 Å². The molecule has 3 aromatic rings. The van der Waals surface area contributed by atoms with E-state index in [0.717, 1.165) is 22.3 Å². The topological polar surface area (TPSA) is 42.2 Å². The fraction of sp³-hybridized carbons (Fsp3) is 0.333. The molecule has 3 heterocycles. The number of pyridine rings is 1. The third-order valence-electron chi connectivity index (χ3n) is 5.76. The third kappa shape index (κ3) is 2.28. The van der Waals surface area contributed by atoms with Gasteiger partial charge in [0.1, 0.15) is 11.5 Å². The minimum Gasteiger partial charge on any atom is -0.361 e. The average Bonchev–Trinajstić information content (AvgIpc) is 3.31. The van der Waals surface area contributed by atoms with Crippen molar-refractivity contribution in [2.24, 2.45) is 10.9 Å². The summed E-state index contributed by atoms with van der Waals surface area (Å²) < 4.78 is 2.21. The fourth-order valence-corrected chi connectivity index (χ4v) is 4.40. The summed E-state index contributed by atoms with van der Waals surface area (Å²) in [6, 6.07) is 12.7. The molecule has 0 saturated heterocycles. The van der Waals surface area contributed by atoms with Crippen LogP contribution in [-0.4, -0.2) is 21.0 Å². The summed E-state index contributed by atoms with van der Waals surface area (Å²) in [5.74, 6) is 1.62. The molecule has 4 nitrogen and oxygen atoms in total. The smallest absolute Gasteiger partial charge is 0.144 e. The normalized spacial score (nSPS) is 23.3. The quantitative estimate of drug-likeness (QED) is 0.705. The molecule has 25 heavy (non-hydrogen) atoms. The minimum absolute atomic E-state index is 0.246. The van der Waals surface area contributed by atoms with Crippen LogP contribution < -0.4 is 5.32 Å². The number of hydrogen-bond acceptors (Lipinski definition) is 3. The number of para-hydroxylation sites is 1. The number of aromatic nitrogens is 2. The Labute approximate surface area is 147 Å². The van der Waals surface area contributed by atoms with Crippen LogP contribution in [0.3, 0.4) is 0 Å². The lowest BCUT2D eigenvalue weighted by Gasteiger charge is -2.39. The summed E-state index contributed by atoms with van der Waals surface area (Å²) in [4.78, 5) is 9.52. The van der Waals surface area contributed by atoms with Crippen molar-refractivity contribution in [3.05, 3.63) is 60.6 Å². The maximum Gasteiger partial charge on any atom is 0.144 e. The van der Waals surface area contributed by atoms with Crippen molar-refractivity contribution in [1.82, 2.24) is 9.55 Å². The second-order valence-electron chi connectivity index (χ2n) is 7.36. The van der Waals surface area contributed by atoms with E-state index in [1.807, 2.05) is 12.4 Å². The first kappa shape index (κ1) is 14.7.